The number of carbonyl (C=O) groups is 2. The standard InChI is InChI=1S/C20H25N5O4/c1-3-5-10-25-17(21)16(18(27)23-20(25)29)24(4-2)19(28)13-11-15(26)22-14-9-7-6-8-12(13)14/h6-9,13H,3-5,10-11,21H2,1-2H3,(H,22,26)(H,23,27,29). The Balaban J connectivity index is 2.07. The van der Waals surface area contributed by atoms with Crippen molar-refractivity contribution in [1.82, 2.24) is 9.55 Å². The molecular formula is C20H25N5O4. The molecule has 29 heavy (non-hydrogen) atoms. The van der Waals surface area contributed by atoms with E-state index in [1.54, 1.807) is 31.2 Å². The normalized spacial score (nSPS) is 15.5. The number of hydrogen-bond acceptors (Lipinski definition) is 5. The van der Waals surface area contributed by atoms with Crippen LogP contribution in [0.25, 0.3) is 0 Å². The van der Waals surface area contributed by atoms with E-state index in [2.05, 4.69) is 10.3 Å². The van der Waals surface area contributed by atoms with Crippen LogP contribution in [0.15, 0.2) is 33.9 Å². The van der Waals surface area contributed by atoms with Gasteiger partial charge in [-0.2, -0.15) is 0 Å². The molecule has 1 aromatic carbocycles. The lowest BCUT2D eigenvalue weighted by Gasteiger charge is -2.30. The highest BCUT2D eigenvalue weighted by molar-refractivity contribution is 6.06. The zero-order valence-electron chi connectivity index (χ0n) is 16.5. The van der Waals surface area contributed by atoms with Crippen LogP contribution in [0.3, 0.4) is 0 Å². The average Bonchev–Trinajstić information content (AvgIpc) is 2.69. The van der Waals surface area contributed by atoms with E-state index in [1.165, 1.54) is 9.47 Å². The summed E-state index contributed by atoms with van der Waals surface area (Å²) in [5.74, 6) is -1.47. The molecule has 2 heterocycles. The second-order valence-corrected chi connectivity index (χ2v) is 6.97. The molecule has 1 aromatic heterocycles. The van der Waals surface area contributed by atoms with Gasteiger partial charge in [-0.15, -0.1) is 0 Å². The molecule has 0 spiro atoms. The van der Waals surface area contributed by atoms with Crippen molar-refractivity contribution >= 4 is 29.0 Å². The highest BCUT2D eigenvalue weighted by Crippen LogP contribution is 2.34. The van der Waals surface area contributed by atoms with E-state index in [0.29, 0.717) is 24.2 Å². The second-order valence-electron chi connectivity index (χ2n) is 6.97. The van der Waals surface area contributed by atoms with Crippen LogP contribution in [-0.2, 0) is 16.1 Å². The van der Waals surface area contributed by atoms with Crippen LogP contribution in [0, 0.1) is 0 Å². The third kappa shape index (κ3) is 3.80. The lowest BCUT2D eigenvalue weighted by atomic mass is 9.89. The number of fused-ring (bicyclic) bond motifs is 1. The molecule has 3 rings (SSSR count). The monoisotopic (exact) mass is 399 g/mol. The van der Waals surface area contributed by atoms with E-state index < -0.39 is 23.1 Å². The van der Waals surface area contributed by atoms with Crippen LogP contribution < -0.4 is 27.2 Å². The first-order valence-corrected chi connectivity index (χ1v) is 9.71. The Kier molecular flexibility index (Phi) is 5.86. The van der Waals surface area contributed by atoms with Crippen molar-refractivity contribution in [1.29, 1.82) is 0 Å². The summed E-state index contributed by atoms with van der Waals surface area (Å²) in [6, 6.07) is 7.07. The molecule has 0 bridgehead atoms. The summed E-state index contributed by atoms with van der Waals surface area (Å²) in [5.41, 5.74) is 6.04. The molecule has 1 atom stereocenters. The van der Waals surface area contributed by atoms with Crippen LogP contribution in [-0.4, -0.2) is 27.9 Å². The fourth-order valence-corrected chi connectivity index (χ4v) is 3.62. The average molecular weight is 399 g/mol. The Labute approximate surface area is 167 Å². The number of carbonyl (C=O) groups excluding carboxylic acids is 2. The van der Waals surface area contributed by atoms with Gasteiger partial charge in [0.2, 0.25) is 11.8 Å². The molecule has 0 radical (unpaired) electrons. The molecule has 9 heteroatoms. The molecule has 1 aliphatic heterocycles. The van der Waals surface area contributed by atoms with E-state index in [1.807, 2.05) is 6.92 Å². The fraction of sp³-hybridized carbons (Fsp3) is 0.400. The maximum absolute atomic E-state index is 13.4. The number of aromatic nitrogens is 2. The van der Waals surface area contributed by atoms with Gasteiger partial charge in [-0.05, 0) is 25.0 Å². The molecule has 0 saturated heterocycles. The van der Waals surface area contributed by atoms with Gasteiger partial charge in [0.1, 0.15) is 5.82 Å². The van der Waals surface area contributed by atoms with Gasteiger partial charge in [0, 0.05) is 25.2 Å². The number of nitrogens with one attached hydrogen (secondary N) is 2. The first-order chi connectivity index (χ1) is 13.9. The molecule has 1 aliphatic rings. The number of nitrogens with zero attached hydrogens (tertiary/aromatic N) is 2. The van der Waals surface area contributed by atoms with Gasteiger partial charge in [0.25, 0.3) is 5.56 Å². The van der Waals surface area contributed by atoms with Gasteiger partial charge in [0.15, 0.2) is 5.69 Å². The van der Waals surface area contributed by atoms with Gasteiger partial charge in [-0.1, -0.05) is 31.5 Å². The van der Waals surface area contributed by atoms with Gasteiger partial charge in [0.05, 0.1) is 5.92 Å². The number of rotatable bonds is 6. The topological polar surface area (TPSA) is 130 Å². The Bertz CT molecular complexity index is 1060. The SMILES string of the molecule is CCCCn1c(N)c(N(CC)C(=O)C2CC(=O)Nc3ccccc32)c(=O)[nH]c1=O. The number of nitrogens with two attached hydrogens (primary N) is 1. The zero-order valence-corrected chi connectivity index (χ0v) is 16.5. The molecule has 2 aromatic rings. The number of amides is 2. The molecule has 154 valence electrons. The first kappa shape index (κ1) is 20.4. The van der Waals surface area contributed by atoms with Crippen LogP contribution in [0.4, 0.5) is 17.2 Å². The van der Waals surface area contributed by atoms with E-state index in [4.69, 9.17) is 5.73 Å². The molecule has 0 fully saturated rings. The number of para-hydroxylation sites is 1. The van der Waals surface area contributed by atoms with Gasteiger partial charge in [-0.3, -0.25) is 23.9 Å². The first-order valence-electron chi connectivity index (χ1n) is 9.71. The van der Waals surface area contributed by atoms with Crippen molar-refractivity contribution in [3.05, 3.63) is 50.7 Å². The van der Waals surface area contributed by atoms with Gasteiger partial charge in [-0.25, -0.2) is 4.79 Å². The lowest BCUT2D eigenvalue weighted by molar-refractivity contribution is -0.124. The van der Waals surface area contributed by atoms with E-state index in [-0.39, 0.29) is 30.4 Å². The van der Waals surface area contributed by atoms with E-state index in [9.17, 15) is 19.2 Å². The van der Waals surface area contributed by atoms with Crippen molar-refractivity contribution in [2.75, 3.05) is 22.5 Å². The molecular weight excluding hydrogens is 374 g/mol. The second kappa shape index (κ2) is 8.34. The third-order valence-corrected chi connectivity index (χ3v) is 5.10. The highest BCUT2D eigenvalue weighted by Gasteiger charge is 2.35. The highest BCUT2D eigenvalue weighted by atomic mass is 16.2. The van der Waals surface area contributed by atoms with E-state index >= 15 is 0 Å². The zero-order chi connectivity index (χ0) is 21.1. The predicted molar refractivity (Wildman–Crippen MR) is 111 cm³/mol. The van der Waals surface area contributed by atoms with Crippen molar-refractivity contribution in [3.63, 3.8) is 0 Å². The number of unbranched alkanes of at least 4 members (excludes halogenated alkanes) is 1. The smallest absolute Gasteiger partial charge is 0.330 e. The molecule has 4 N–H and O–H groups in total. The maximum atomic E-state index is 13.4. The largest absolute Gasteiger partial charge is 0.383 e. The summed E-state index contributed by atoms with van der Waals surface area (Å²) in [7, 11) is 0. The lowest BCUT2D eigenvalue weighted by Crippen LogP contribution is -2.44. The van der Waals surface area contributed by atoms with Crippen LogP contribution in [0.2, 0.25) is 0 Å². The Morgan fingerprint density at radius 2 is 1.97 bits per heavy atom. The number of aromatic amines is 1. The van der Waals surface area contributed by atoms with Crippen molar-refractivity contribution in [2.45, 2.75) is 45.6 Å². The Hall–Kier alpha value is -3.36. The van der Waals surface area contributed by atoms with Crippen LogP contribution in [0.5, 0.6) is 0 Å². The summed E-state index contributed by atoms with van der Waals surface area (Å²) in [4.78, 5) is 53.8. The van der Waals surface area contributed by atoms with Crippen molar-refractivity contribution < 1.29 is 9.59 Å². The Morgan fingerprint density at radius 3 is 2.66 bits per heavy atom. The van der Waals surface area contributed by atoms with Gasteiger partial charge < -0.3 is 16.0 Å². The summed E-state index contributed by atoms with van der Waals surface area (Å²) < 4.78 is 1.28. The third-order valence-electron chi connectivity index (χ3n) is 5.10. The van der Waals surface area contributed by atoms with Crippen LogP contribution >= 0.6 is 0 Å². The minimum Gasteiger partial charge on any atom is -0.383 e. The Morgan fingerprint density at radius 1 is 1.24 bits per heavy atom. The predicted octanol–water partition coefficient (Wildman–Crippen LogP) is 1.40. The molecule has 0 aliphatic carbocycles. The number of nitrogen functional groups attached to an aromatic ring is 1. The molecule has 2 amide bonds. The number of anilines is 3. The number of likely N-dealkylation sites (N-methyl/N-ethyl adjacent to an activating group) is 1. The minimum atomic E-state index is -0.741. The number of benzene rings is 1. The molecule has 0 saturated carbocycles. The summed E-state index contributed by atoms with van der Waals surface area (Å²) >= 11 is 0. The summed E-state index contributed by atoms with van der Waals surface area (Å²) in [6.45, 7) is 4.19. The van der Waals surface area contributed by atoms with Gasteiger partial charge >= 0.3 is 5.69 Å². The molecule has 9 nitrogen and oxygen atoms in total. The summed E-state index contributed by atoms with van der Waals surface area (Å²) in [5, 5.41) is 2.76. The maximum Gasteiger partial charge on any atom is 0.330 e. The number of hydrogen-bond donors (Lipinski definition) is 3. The number of H-pyrrole nitrogens is 1. The minimum absolute atomic E-state index is 0.0281. The van der Waals surface area contributed by atoms with Crippen molar-refractivity contribution in [2.24, 2.45) is 0 Å². The van der Waals surface area contributed by atoms with E-state index in [0.717, 1.165) is 6.42 Å². The summed E-state index contributed by atoms with van der Waals surface area (Å²) in [6.07, 6.45) is 1.51. The quantitative estimate of drug-likeness (QED) is 0.676. The van der Waals surface area contributed by atoms with Crippen molar-refractivity contribution in [3.8, 4) is 0 Å². The van der Waals surface area contributed by atoms with Crippen LogP contribution in [0.1, 0.15) is 44.6 Å². The molecule has 1 unspecified atom stereocenters. The fourth-order valence-electron chi connectivity index (χ4n) is 3.62.